The third-order valence-electron chi connectivity index (χ3n) is 7.00. The number of carbonyl (C=O) groups is 1. The van der Waals surface area contributed by atoms with Gasteiger partial charge in [0.05, 0.1) is 44.1 Å². The van der Waals surface area contributed by atoms with E-state index >= 15 is 0 Å². The maximum atomic E-state index is 11.5. The lowest BCUT2D eigenvalue weighted by Crippen LogP contribution is -2.35. The number of rotatable bonds is 9. The first kappa shape index (κ1) is 25.3. The average molecular weight is 485 g/mol. The summed E-state index contributed by atoms with van der Waals surface area (Å²) in [5.41, 5.74) is 5.49. The molecule has 2 fully saturated rings. The molecule has 2 atom stereocenters. The molecule has 2 aromatic rings. The van der Waals surface area contributed by atoms with Gasteiger partial charge in [-0.15, -0.1) is 0 Å². The summed E-state index contributed by atoms with van der Waals surface area (Å²) < 4.78 is 23.3. The van der Waals surface area contributed by atoms with E-state index in [1.807, 2.05) is 26.0 Å². The lowest BCUT2D eigenvalue weighted by atomic mass is 9.96. The van der Waals surface area contributed by atoms with Crippen LogP contribution in [0.5, 0.6) is 11.6 Å². The van der Waals surface area contributed by atoms with Crippen molar-refractivity contribution < 1.29 is 28.8 Å². The molecule has 8 heteroatoms. The van der Waals surface area contributed by atoms with Crippen LogP contribution in [0.25, 0.3) is 11.3 Å². The molecular formula is C27H36N2O6. The lowest BCUT2D eigenvalue weighted by molar-refractivity contribution is -0.146. The third-order valence-corrected chi connectivity index (χ3v) is 7.00. The van der Waals surface area contributed by atoms with Gasteiger partial charge in [0.2, 0.25) is 5.88 Å². The number of aliphatic carboxylic acids is 1. The van der Waals surface area contributed by atoms with E-state index < -0.39 is 11.9 Å². The SMILES string of the molecule is COc1cc(-c2c(C)cc(NC3CC(C(=O)O)CCO3)cc2COC2CCCC2)nc(OC)c1C. The Labute approximate surface area is 206 Å². The molecule has 0 spiro atoms. The molecule has 190 valence electrons. The number of hydrogen-bond acceptors (Lipinski definition) is 7. The van der Waals surface area contributed by atoms with E-state index in [-0.39, 0.29) is 12.3 Å². The Morgan fingerprint density at radius 3 is 2.60 bits per heavy atom. The Morgan fingerprint density at radius 2 is 1.91 bits per heavy atom. The second kappa shape index (κ2) is 11.3. The number of nitrogens with one attached hydrogen (secondary N) is 1. The molecular weight excluding hydrogens is 448 g/mol. The molecule has 0 amide bonds. The zero-order chi connectivity index (χ0) is 24.9. The van der Waals surface area contributed by atoms with E-state index in [1.165, 1.54) is 12.8 Å². The van der Waals surface area contributed by atoms with Gasteiger partial charge in [0.25, 0.3) is 0 Å². The number of benzene rings is 1. The molecule has 8 nitrogen and oxygen atoms in total. The number of aryl methyl sites for hydroxylation is 1. The van der Waals surface area contributed by atoms with Gasteiger partial charge in [0.15, 0.2) is 0 Å². The van der Waals surface area contributed by atoms with Crippen molar-refractivity contribution in [2.45, 2.75) is 71.3 Å². The minimum atomic E-state index is -0.773. The first-order valence-electron chi connectivity index (χ1n) is 12.4. The van der Waals surface area contributed by atoms with Crippen LogP contribution in [-0.2, 0) is 20.9 Å². The standard InChI is InChI=1S/C27H36N2O6/c1-16-11-20(28-24-13-18(27(30)31)9-10-34-24)12-19(15-35-21-7-5-6-8-21)25(16)22-14-23(32-3)17(2)26(29-22)33-4/h11-12,14,18,21,24,28H,5-10,13,15H2,1-4H3,(H,30,31). The van der Waals surface area contributed by atoms with Crippen LogP contribution >= 0.6 is 0 Å². The van der Waals surface area contributed by atoms with Gasteiger partial charge in [-0.25, -0.2) is 4.98 Å². The fraction of sp³-hybridized carbons (Fsp3) is 0.556. The van der Waals surface area contributed by atoms with E-state index in [9.17, 15) is 9.90 Å². The first-order valence-corrected chi connectivity index (χ1v) is 12.4. The van der Waals surface area contributed by atoms with E-state index in [0.29, 0.717) is 37.7 Å². The second-order valence-electron chi connectivity index (χ2n) is 9.45. The Bertz CT molecular complexity index is 1030. The molecule has 1 aliphatic heterocycles. The highest BCUT2D eigenvalue weighted by Gasteiger charge is 2.28. The Kier molecular flexibility index (Phi) is 8.13. The summed E-state index contributed by atoms with van der Waals surface area (Å²) >= 11 is 0. The average Bonchev–Trinajstić information content (AvgIpc) is 3.37. The van der Waals surface area contributed by atoms with Crippen molar-refractivity contribution in [3.8, 4) is 22.9 Å². The topological polar surface area (TPSA) is 99.1 Å². The number of nitrogens with zero attached hydrogens (tertiary/aromatic N) is 1. The Hall–Kier alpha value is -2.84. The van der Waals surface area contributed by atoms with E-state index in [4.69, 9.17) is 23.9 Å². The number of ether oxygens (including phenoxy) is 4. The number of methoxy groups -OCH3 is 2. The molecule has 2 unspecified atom stereocenters. The molecule has 1 saturated carbocycles. The molecule has 4 rings (SSSR count). The van der Waals surface area contributed by atoms with Crippen molar-refractivity contribution in [3.05, 3.63) is 34.9 Å². The molecule has 1 aromatic heterocycles. The van der Waals surface area contributed by atoms with Crippen LogP contribution in [0.2, 0.25) is 0 Å². The zero-order valence-electron chi connectivity index (χ0n) is 21.1. The number of carboxylic acids is 1. The van der Waals surface area contributed by atoms with Crippen molar-refractivity contribution in [1.29, 1.82) is 0 Å². The Balaban J connectivity index is 1.68. The van der Waals surface area contributed by atoms with Gasteiger partial charge in [0, 0.05) is 30.3 Å². The summed E-state index contributed by atoms with van der Waals surface area (Å²) in [6.07, 6.45) is 5.47. The molecule has 2 heterocycles. The number of anilines is 1. The normalized spacial score (nSPS) is 20.6. The summed E-state index contributed by atoms with van der Waals surface area (Å²) in [6.45, 7) is 4.85. The summed E-state index contributed by atoms with van der Waals surface area (Å²) in [5.74, 6) is 0.0689. The van der Waals surface area contributed by atoms with Crippen LogP contribution in [0.4, 0.5) is 5.69 Å². The van der Waals surface area contributed by atoms with Crippen LogP contribution < -0.4 is 14.8 Å². The minimum absolute atomic E-state index is 0.271. The van der Waals surface area contributed by atoms with Crippen LogP contribution in [0.3, 0.4) is 0 Å². The molecule has 2 aliphatic rings. The van der Waals surface area contributed by atoms with Gasteiger partial charge in [-0.05, 0) is 56.4 Å². The van der Waals surface area contributed by atoms with Gasteiger partial charge in [0.1, 0.15) is 12.0 Å². The van der Waals surface area contributed by atoms with E-state index in [0.717, 1.165) is 46.5 Å². The first-order chi connectivity index (χ1) is 16.9. The summed E-state index contributed by atoms with van der Waals surface area (Å²) in [7, 11) is 3.25. The monoisotopic (exact) mass is 484 g/mol. The van der Waals surface area contributed by atoms with Crippen LogP contribution in [0.15, 0.2) is 18.2 Å². The predicted octanol–water partition coefficient (Wildman–Crippen LogP) is 5.09. The van der Waals surface area contributed by atoms with Crippen molar-refractivity contribution in [1.82, 2.24) is 4.98 Å². The van der Waals surface area contributed by atoms with Crippen LogP contribution in [0.1, 0.15) is 55.2 Å². The summed E-state index contributed by atoms with van der Waals surface area (Å²) in [4.78, 5) is 16.3. The molecule has 0 radical (unpaired) electrons. The molecule has 0 bridgehead atoms. The Morgan fingerprint density at radius 1 is 1.14 bits per heavy atom. The van der Waals surface area contributed by atoms with Gasteiger partial charge < -0.3 is 29.4 Å². The third kappa shape index (κ3) is 5.87. The van der Waals surface area contributed by atoms with Crippen LogP contribution in [0, 0.1) is 19.8 Å². The van der Waals surface area contributed by atoms with Crippen molar-refractivity contribution >= 4 is 11.7 Å². The molecule has 1 aliphatic carbocycles. The number of hydrogen-bond donors (Lipinski definition) is 2. The summed E-state index contributed by atoms with van der Waals surface area (Å²) in [5, 5.41) is 12.8. The molecule has 1 saturated heterocycles. The van der Waals surface area contributed by atoms with Crippen molar-refractivity contribution in [2.75, 3.05) is 26.1 Å². The lowest BCUT2D eigenvalue weighted by Gasteiger charge is -2.29. The molecule has 1 aromatic carbocycles. The zero-order valence-corrected chi connectivity index (χ0v) is 21.1. The molecule has 2 N–H and O–H groups in total. The fourth-order valence-electron chi connectivity index (χ4n) is 5.10. The van der Waals surface area contributed by atoms with Gasteiger partial charge in [-0.2, -0.15) is 0 Å². The van der Waals surface area contributed by atoms with E-state index in [2.05, 4.69) is 11.4 Å². The highest BCUT2D eigenvalue weighted by molar-refractivity contribution is 5.74. The predicted molar refractivity (Wildman–Crippen MR) is 133 cm³/mol. The molecule has 35 heavy (non-hydrogen) atoms. The maximum absolute atomic E-state index is 11.5. The fourth-order valence-corrected chi connectivity index (χ4v) is 5.10. The van der Waals surface area contributed by atoms with Gasteiger partial charge >= 0.3 is 5.97 Å². The second-order valence-corrected chi connectivity index (χ2v) is 9.45. The number of aromatic nitrogens is 1. The van der Waals surface area contributed by atoms with Crippen LogP contribution in [-0.4, -0.2) is 49.2 Å². The largest absolute Gasteiger partial charge is 0.496 e. The maximum Gasteiger partial charge on any atom is 0.306 e. The van der Waals surface area contributed by atoms with Crippen molar-refractivity contribution in [2.24, 2.45) is 5.92 Å². The van der Waals surface area contributed by atoms with E-state index in [1.54, 1.807) is 14.2 Å². The quantitative estimate of drug-likeness (QED) is 0.508. The summed E-state index contributed by atoms with van der Waals surface area (Å²) in [6, 6.07) is 6.04. The highest BCUT2D eigenvalue weighted by atomic mass is 16.5. The van der Waals surface area contributed by atoms with Gasteiger partial charge in [-0.3, -0.25) is 4.79 Å². The smallest absolute Gasteiger partial charge is 0.306 e. The van der Waals surface area contributed by atoms with Crippen molar-refractivity contribution in [3.63, 3.8) is 0 Å². The minimum Gasteiger partial charge on any atom is -0.496 e. The number of pyridine rings is 1. The van der Waals surface area contributed by atoms with Gasteiger partial charge in [-0.1, -0.05) is 12.8 Å². The number of carboxylic acid groups (broad SMARTS) is 1. The highest BCUT2D eigenvalue weighted by Crippen LogP contribution is 2.37.